The number of hydrogen-bond acceptors (Lipinski definition) is 2. The molecular formula is C18H26ClN3O. The van der Waals surface area contributed by atoms with Crippen molar-refractivity contribution in [2.45, 2.75) is 26.3 Å². The second-order valence-electron chi connectivity index (χ2n) is 5.62. The van der Waals surface area contributed by atoms with Crippen LogP contribution in [0.25, 0.3) is 0 Å². The van der Waals surface area contributed by atoms with Gasteiger partial charge in [-0.15, -0.1) is 0 Å². The van der Waals surface area contributed by atoms with E-state index < -0.39 is 0 Å². The van der Waals surface area contributed by atoms with Crippen molar-refractivity contribution in [3.8, 4) is 0 Å². The summed E-state index contributed by atoms with van der Waals surface area (Å²) in [6.07, 6.45) is 4.21. The summed E-state index contributed by atoms with van der Waals surface area (Å²) in [6, 6.07) is 7.94. The Morgan fingerprint density at radius 2 is 2.22 bits per heavy atom. The number of halogens is 1. The van der Waals surface area contributed by atoms with Gasteiger partial charge in [-0.25, -0.2) is 0 Å². The van der Waals surface area contributed by atoms with E-state index >= 15 is 0 Å². The normalized spacial score (nSPS) is 15.3. The molecule has 1 aliphatic heterocycles. The first-order chi connectivity index (χ1) is 11.2. The molecule has 1 aromatic carbocycles. The summed E-state index contributed by atoms with van der Waals surface area (Å²) in [5, 5.41) is 4.14. The first-order valence-corrected chi connectivity index (χ1v) is 8.57. The quantitative estimate of drug-likeness (QED) is 0.491. The smallest absolute Gasteiger partial charge is 0.193 e. The number of rotatable bonds is 6. The van der Waals surface area contributed by atoms with Crippen LogP contribution in [0, 0.1) is 0 Å². The molecule has 0 amide bonds. The molecule has 0 unspecified atom stereocenters. The molecule has 4 nitrogen and oxygen atoms in total. The van der Waals surface area contributed by atoms with Crippen molar-refractivity contribution in [2.24, 2.45) is 4.99 Å². The van der Waals surface area contributed by atoms with E-state index in [2.05, 4.69) is 29.3 Å². The van der Waals surface area contributed by atoms with Crippen LogP contribution in [0.2, 0.25) is 5.02 Å². The van der Waals surface area contributed by atoms with Gasteiger partial charge in [0.1, 0.15) is 0 Å². The van der Waals surface area contributed by atoms with E-state index in [1.54, 1.807) is 0 Å². The van der Waals surface area contributed by atoms with Crippen molar-refractivity contribution in [1.82, 2.24) is 10.2 Å². The van der Waals surface area contributed by atoms with Crippen LogP contribution in [0.1, 0.15) is 25.3 Å². The van der Waals surface area contributed by atoms with Crippen molar-refractivity contribution >= 4 is 17.6 Å². The molecule has 0 saturated heterocycles. The van der Waals surface area contributed by atoms with Gasteiger partial charge in [-0.1, -0.05) is 41.4 Å². The van der Waals surface area contributed by atoms with Gasteiger partial charge in [0.05, 0.1) is 13.2 Å². The number of nitrogens with one attached hydrogen (secondary N) is 1. The van der Waals surface area contributed by atoms with E-state index in [9.17, 15) is 0 Å². The maximum atomic E-state index is 6.25. The average molecular weight is 336 g/mol. The van der Waals surface area contributed by atoms with Crippen LogP contribution in [0.15, 0.2) is 40.9 Å². The van der Waals surface area contributed by atoms with E-state index in [-0.39, 0.29) is 0 Å². The Morgan fingerprint density at radius 3 is 2.91 bits per heavy atom. The van der Waals surface area contributed by atoms with Gasteiger partial charge in [-0.2, -0.15) is 0 Å². The van der Waals surface area contributed by atoms with Crippen LogP contribution < -0.4 is 5.32 Å². The highest BCUT2D eigenvalue weighted by atomic mass is 35.5. The van der Waals surface area contributed by atoms with Gasteiger partial charge in [-0.3, -0.25) is 4.99 Å². The van der Waals surface area contributed by atoms with Crippen LogP contribution in [0.3, 0.4) is 0 Å². The summed E-state index contributed by atoms with van der Waals surface area (Å²) in [7, 11) is 2.04. The molecule has 1 aromatic rings. The Hall–Kier alpha value is -1.52. The van der Waals surface area contributed by atoms with Gasteiger partial charge in [0.25, 0.3) is 0 Å². The molecule has 5 heteroatoms. The minimum Gasteiger partial charge on any atom is -0.377 e. The summed E-state index contributed by atoms with van der Waals surface area (Å²) in [4.78, 5) is 6.85. The lowest BCUT2D eigenvalue weighted by molar-refractivity contribution is 0.153. The third-order valence-electron chi connectivity index (χ3n) is 3.81. The molecule has 0 fully saturated rings. The number of ether oxygens (including phenoxy) is 1. The fourth-order valence-corrected chi connectivity index (χ4v) is 2.72. The van der Waals surface area contributed by atoms with E-state index in [1.165, 1.54) is 5.57 Å². The Labute approximate surface area is 144 Å². The molecule has 126 valence electrons. The molecule has 23 heavy (non-hydrogen) atoms. The molecule has 0 aliphatic carbocycles. The van der Waals surface area contributed by atoms with Gasteiger partial charge in [-0.05, 0) is 31.4 Å². The predicted octanol–water partition coefficient (Wildman–Crippen LogP) is 3.47. The van der Waals surface area contributed by atoms with Gasteiger partial charge in [0, 0.05) is 31.7 Å². The Morgan fingerprint density at radius 1 is 1.39 bits per heavy atom. The van der Waals surface area contributed by atoms with E-state index in [0.717, 1.165) is 62.2 Å². The summed E-state index contributed by atoms with van der Waals surface area (Å²) in [6.45, 7) is 6.04. The summed E-state index contributed by atoms with van der Waals surface area (Å²) in [5.74, 6) is 0.917. The van der Waals surface area contributed by atoms with Gasteiger partial charge >= 0.3 is 0 Å². The van der Waals surface area contributed by atoms with Crippen molar-refractivity contribution in [3.63, 3.8) is 0 Å². The maximum absolute atomic E-state index is 6.25. The lowest BCUT2D eigenvalue weighted by Gasteiger charge is -2.23. The second-order valence-corrected chi connectivity index (χ2v) is 6.03. The average Bonchev–Trinajstić information content (AvgIpc) is 2.57. The molecule has 1 N–H and O–H groups in total. The summed E-state index contributed by atoms with van der Waals surface area (Å²) in [5.41, 5.74) is 2.55. The standard InChI is InChI=1S/C18H26ClN3O/c1-3-20-18(21-11-8-15-9-12-23-13-10-15)22(2)14-16-6-4-5-7-17(16)19/h4-7,9H,3,8,10-14H2,1-2H3,(H,20,21). The molecule has 1 aliphatic rings. The molecule has 0 bridgehead atoms. The van der Waals surface area contributed by atoms with E-state index in [4.69, 9.17) is 21.3 Å². The second kappa shape index (κ2) is 9.58. The van der Waals surface area contributed by atoms with Crippen molar-refractivity contribution in [2.75, 3.05) is 33.4 Å². The van der Waals surface area contributed by atoms with Gasteiger partial charge in [0.2, 0.25) is 0 Å². The van der Waals surface area contributed by atoms with Crippen LogP contribution in [-0.4, -0.2) is 44.2 Å². The molecule has 0 atom stereocenters. The molecule has 0 spiro atoms. The fraction of sp³-hybridized carbons (Fsp3) is 0.500. The van der Waals surface area contributed by atoms with Crippen LogP contribution in [0.4, 0.5) is 0 Å². The Balaban J connectivity index is 1.94. The minimum absolute atomic E-state index is 0.738. The SMILES string of the molecule is CCNC(=NCCC1=CCOCC1)N(C)Cc1ccccc1Cl. The molecule has 1 heterocycles. The summed E-state index contributed by atoms with van der Waals surface area (Å²) < 4.78 is 5.34. The van der Waals surface area contributed by atoms with E-state index in [1.807, 2.05) is 25.2 Å². The minimum atomic E-state index is 0.738. The predicted molar refractivity (Wildman–Crippen MR) is 97.0 cm³/mol. The van der Waals surface area contributed by atoms with Crippen molar-refractivity contribution < 1.29 is 4.74 Å². The first-order valence-electron chi connectivity index (χ1n) is 8.19. The van der Waals surface area contributed by atoms with Crippen molar-refractivity contribution in [3.05, 3.63) is 46.5 Å². The lowest BCUT2D eigenvalue weighted by atomic mass is 10.1. The number of hydrogen-bond donors (Lipinski definition) is 1. The molecule has 0 saturated carbocycles. The zero-order valence-electron chi connectivity index (χ0n) is 14.0. The zero-order chi connectivity index (χ0) is 16.5. The number of nitrogens with zero attached hydrogens (tertiary/aromatic N) is 2. The largest absolute Gasteiger partial charge is 0.377 e. The highest BCUT2D eigenvalue weighted by Gasteiger charge is 2.09. The van der Waals surface area contributed by atoms with Crippen LogP contribution in [-0.2, 0) is 11.3 Å². The molecule has 0 aromatic heterocycles. The molecule has 0 radical (unpaired) electrons. The number of aliphatic imine (C=N–C) groups is 1. The van der Waals surface area contributed by atoms with Gasteiger partial charge in [0.15, 0.2) is 5.96 Å². The maximum Gasteiger partial charge on any atom is 0.193 e. The van der Waals surface area contributed by atoms with Crippen molar-refractivity contribution in [1.29, 1.82) is 0 Å². The number of guanidine groups is 1. The Kier molecular flexibility index (Phi) is 7.43. The zero-order valence-corrected chi connectivity index (χ0v) is 14.8. The molecule has 2 rings (SSSR count). The van der Waals surface area contributed by atoms with Gasteiger partial charge < -0.3 is 15.0 Å². The fourth-order valence-electron chi connectivity index (χ4n) is 2.52. The Bertz CT molecular complexity index is 557. The van der Waals surface area contributed by atoms with Crippen LogP contribution in [0.5, 0.6) is 0 Å². The third kappa shape index (κ3) is 5.88. The summed E-state index contributed by atoms with van der Waals surface area (Å²) >= 11 is 6.25. The number of benzene rings is 1. The molecular weight excluding hydrogens is 310 g/mol. The lowest BCUT2D eigenvalue weighted by Crippen LogP contribution is -2.38. The first kappa shape index (κ1) is 17.8. The highest BCUT2D eigenvalue weighted by molar-refractivity contribution is 6.31. The van der Waals surface area contributed by atoms with E-state index in [0.29, 0.717) is 0 Å². The third-order valence-corrected chi connectivity index (χ3v) is 4.18. The topological polar surface area (TPSA) is 36.9 Å². The highest BCUT2D eigenvalue weighted by Crippen LogP contribution is 2.16. The van der Waals surface area contributed by atoms with Crippen LogP contribution >= 0.6 is 11.6 Å². The monoisotopic (exact) mass is 335 g/mol.